The van der Waals surface area contributed by atoms with Gasteiger partial charge in [-0.1, -0.05) is 0 Å². The standard InChI is InChI=1S/C12H12F2OS/c13-8-4-5-12(11(14)6-8)16-10-3-1-2-9(15)7-10/h4-6,10H,1-3,7H2/t10-/m0/s1. The summed E-state index contributed by atoms with van der Waals surface area (Å²) in [6.07, 6.45) is 2.94. The van der Waals surface area contributed by atoms with E-state index < -0.39 is 11.6 Å². The van der Waals surface area contributed by atoms with Gasteiger partial charge in [0.2, 0.25) is 0 Å². The first-order chi connectivity index (χ1) is 7.65. The molecule has 0 spiro atoms. The fourth-order valence-electron chi connectivity index (χ4n) is 1.84. The van der Waals surface area contributed by atoms with Gasteiger partial charge in [-0.15, -0.1) is 11.8 Å². The van der Waals surface area contributed by atoms with E-state index in [9.17, 15) is 13.6 Å². The van der Waals surface area contributed by atoms with Crippen LogP contribution in [0, 0.1) is 11.6 Å². The van der Waals surface area contributed by atoms with Crippen molar-refractivity contribution in [3.8, 4) is 0 Å². The smallest absolute Gasteiger partial charge is 0.139 e. The van der Waals surface area contributed by atoms with Crippen LogP contribution < -0.4 is 0 Å². The predicted molar refractivity (Wildman–Crippen MR) is 59.5 cm³/mol. The molecule has 2 rings (SSSR count). The summed E-state index contributed by atoms with van der Waals surface area (Å²) in [6.45, 7) is 0. The fraction of sp³-hybridized carbons (Fsp3) is 0.417. The van der Waals surface area contributed by atoms with Crippen LogP contribution in [0.2, 0.25) is 0 Å². The SMILES string of the molecule is O=C1CCC[C@H](Sc2ccc(F)cc2F)C1. The molecule has 0 amide bonds. The Morgan fingerprint density at radius 1 is 1.31 bits per heavy atom. The highest BCUT2D eigenvalue weighted by Crippen LogP contribution is 2.33. The average molecular weight is 242 g/mol. The van der Waals surface area contributed by atoms with Crippen LogP contribution in [0.1, 0.15) is 25.7 Å². The number of carbonyl (C=O) groups excluding carboxylic acids is 1. The van der Waals surface area contributed by atoms with Crippen molar-refractivity contribution < 1.29 is 13.6 Å². The van der Waals surface area contributed by atoms with E-state index in [1.165, 1.54) is 23.9 Å². The second-order valence-corrected chi connectivity index (χ2v) is 5.29. The summed E-state index contributed by atoms with van der Waals surface area (Å²) in [7, 11) is 0. The minimum absolute atomic E-state index is 0.140. The molecular weight excluding hydrogens is 230 g/mol. The zero-order valence-electron chi connectivity index (χ0n) is 8.71. The highest BCUT2D eigenvalue weighted by atomic mass is 32.2. The van der Waals surface area contributed by atoms with Gasteiger partial charge in [0.1, 0.15) is 17.4 Å². The number of halogens is 2. The Kier molecular flexibility index (Phi) is 3.59. The molecule has 86 valence electrons. The molecule has 1 nitrogen and oxygen atoms in total. The molecule has 0 bridgehead atoms. The summed E-state index contributed by atoms with van der Waals surface area (Å²) in [6, 6.07) is 3.57. The Morgan fingerprint density at radius 2 is 2.12 bits per heavy atom. The summed E-state index contributed by atoms with van der Waals surface area (Å²) in [5.74, 6) is -0.865. The second kappa shape index (κ2) is 4.95. The Balaban J connectivity index is 2.05. The Labute approximate surface area is 97.2 Å². The van der Waals surface area contributed by atoms with E-state index in [1.807, 2.05) is 0 Å². The molecule has 1 aliphatic carbocycles. The molecule has 0 heterocycles. The average Bonchev–Trinajstić information content (AvgIpc) is 2.22. The molecular formula is C12H12F2OS. The maximum absolute atomic E-state index is 13.4. The van der Waals surface area contributed by atoms with E-state index in [0.717, 1.165) is 18.9 Å². The highest BCUT2D eigenvalue weighted by molar-refractivity contribution is 8.00. The molecule has 4 heteroatoms. The van der Waals surface area contributed by atoms with Gasteiger partial charge in [0.05, 0.1) is 0 Å². The zero-order valence-corrected chi connectivity index (χ0v) is 9.53. The first kappa shape index (κ1) is 11.6. The Morgan fingerprint density at radius 3 is 2.81 bits per heavy atom. The first-order valence-electron chi connectivity index (χ1n) is 5.28. The van der Waals surface area contributed by atoms with Crippen molar-refractivity contribution in [1.82, 2.24) is 0 Å². The van der Waals surface area contributed by atoms with Crippen LogP contribution in [0.4, 0.5) is 8.78 Å². The van der Waals surface area contributed by atoms with Crippen LogP contribution in [0.15, 0.2) is 23.1 Å². The molecule has 0 aliphatic heterocycles. The van der Waals surface area contributed by atoms with Crippen LogP contribution in [0.25, 0.3) is 0 Å². The number of hydrogen-bond donors (Lipinski definition) is 0. The molecule has 16 heavy (non-hydrogen) atoms. The maximum atomic E-state index is 13.4. The van der Waals surface area contributed by atoms with Crippen molar-refractivity contribution in [3.63, 3.8) is 0 Å². The number of ketones is 1. The van der Waals surface area contributed by atoms with E-state index in [0.29, 0.717) is 17.7 Å². The molecule has 1 aliphatic rings. The summed E-state index contributed by atoms with van der Waals surface area (Å²) in [4.78, 5) is 11.7. The highest BCUT2D eigenvalue weighted by Gasteiger charge is 2.21. The fourth-order valence-corrected chi connectivity index (χ4v) is 3.07. The molecule has 0 N–H and O–H groups in total. The predicted octanol–water partition coefficient (Wildman–Crippen LogP) is 3.57. The molecule has 1 fully saturated rings. The van der Waals surface area contributed by atoms with Crippen molar-refractivity contribution in [3.05, 3.63) is 29.8 Å². The lowest BCUT2D eigenvalue weighted by molar-refractivity contribution is -0.120. The van der Waals surface area contributed by atoms with Crippen molar-refractivity contribution in [2.24, 2.45) is 0 Å². The van der Waals surface area contributed by atoms with Gasteiger partial charge >= 0.3 is 0 Å². The van der Waals surface area contributed by atoms with Gasteiger partial charge in [0, 0.05) is 29.1 Å². The number of benzene rings is 1. The Hall–Kier alpha value is -0.900. The second-order valence-electron chi connectivity index (χ2n) is 3.95. The van der Waals surface area contributed by atoms with Crippen molar-refractivity contribution in [2.75, 3.05) is 0 Å². The largest absolute Gasteiger partial charge is 0.300 e. The third kappa shape index (κ3) is 2.82. The number of hydrogen-bond acceptors (Lipinski definition) is 2. The maximum Gasteiger partial charge on any atom is 0.139 e. The van der Waals surface area contributed by atoms with Crippen LogP contribution in [-0.4, -0.2) is 11.0 Å². The molecule has 1 aromatic rings. The van der Waals surface area contributed by atoms with E-state index in [-0.39, 0.29) is 11.0 Å². The van der Waals surface area contributed by atoms with E-state index in [2.05, 4.69) is 0 Å². The van der Waals surface area contributed by atoms with Gasteiger partial charge in [-0.3, -0.25) is 4.79 Å². The molecule has 0 radical (unpaired) electrons. The summed E-state index contributed by atoms with van der Waals surface area (Å²) >= 11 is 1.34. The van der Waals surface area contributed by atoms with Gasteiger partial charge in [0.25, 0.3) is 0 Å². The number of carbonyl (C=O) groups is 1. The number of thioether (sulfide) groups is 1. The minimum atomic E-state index is -0.568. The lowest BCUT2D eigenvalue weighted by atomic mass is 9.99. The molecule has 1 saturated carbocycles. The monoisotopic (exact) mass is 242 g/mol. The topological polar surface area (TPSA) is 17.1 Å². The van der Waals surface area contributed by atoms with Gasteiger partial charge in [-0.05, 0) is 25.0 Å². The van der Waals surface area contributed by atoms with Crippen molar-refractivity contribution >= 4 is 17.5 Å². The van der Waals surface area contributed by atoms with Gasteiger partial charge in [-0.25, -0.2) is 8.78 Å². The van der Waals surface area contributed by atoms with Crippen LogP contribution >= 0.6 is 11.8 Å². The summed E-state index contributed by atoms with van der Waals surface area (Å²) < 4.78 is 26.0. The molecule has 0 aromatic heterocycles. The Bertz CT molecular complexity index is 406. The lowest BCUT2D eigenvalue weighted by Gasteiger charge is -2.20. The van der Waals surface area contributed by atoms with E-state index in [1.54, 1.807) is 0 Å². The quantitative estimate of drug-likeness (QED) is 0.788. The lowest BCUT2D eigenvalue weighted by Crippen LogP contribution is -2.16. The van der Waals surface area contributed by atoms with Gasteiger partial charge in [0.15, 0.2) is 0 Å². The van der Waals surface area contributed by atoms with E-state index in [4.69, 9.17) is 0 Å². The normalized spacial score (nSPS) is 21.1. The number of rotatable bonds is 2. The van der Waals surface area contributed by atoms with Crippen LogP contribution in [0.3, 0.4) is 0 Å². The summed E-state index contributed by atoms with van der Waals surface area (Å²) in [5.41, 5.74) is 0. The molecule has 1 aromatic carbocycles. The van der Waals surface area contributed by atoms with Gasteiger partial charge < -0.3 is 0 Å². The minimum Gasteiger partial charge on any atom is -0.300 e. The third-order valence-electron chi connectivity index (χ3n) is 2.62. The molecule has 1 atom stereocenters. The zero-order chi connectivity index (χ0) is 11.5. The summed E-state index contributed by atoms with van der Waals surface area (Å²) in [5, 5.41) is 0.140. The van der Waals surface area contributed by atoms with Gasteiger partial charge in [-0.2, -0.15) is 0 Å². The van der Waals surface area contributed by atoms with Crippen molar-refractivity contribution in [1.29, 1.82) is 0 Å². The van der Waals surface area contributed by atoms with E-state index >= 15 is 0 Å². The van der Waals surface area contributed by atoms with Crippen LogP contribution in [0.5, 0.6) is 0 Å². The van der Waals surface area contributed by atoms with Crippen molar-refractivity contribution in [2.45, 2.75) is 35.8 Å². The molecule has 0 saturated heterocycles. The van der Waals surface area contributed by atoms with Crippen LogP contribution in [-0.2, 0) is 4.79 Å². The third-order valence-corrected chi connectivity index (χ3v) is 3.95. The first-order valence-corrected chi connectivity index (χ1v) is 6.16. The molecule has 0 unspecified atom stereocenters. The number of Topliss-reactive ketones (excluding diaryl/α,β-unsaturated/α-hetero) is 1.